The van der Waals surface area contributed by atoms with Gasteiger partial charge in [0.15, 0.2) is 11.5 Å². The number of urea groups is 1. The highest BCUT2D eigenvalue weighted by Gasteiger charge is 2.43. The zero-order chi connectivity index (χ0) is 21.3. The van der Waals surface area contributed by atoms with Gasteiger partial charge >= 0.3 is 6.03 Å². The van der Waals surface area contributed by atoms with E-state index in [0.717, 1.165) is 5.69 Å². The Morgan fingerprint density at radius 3 is 2.67 bits per heavy atom. The monoisotopic (exact) mass is 408 g/mol. The summed E-state index contributed by atoms with van der Waals surface area (Å²) in [5.41, 5.74) is 2.87. The standard InChI is InChI=1S/C22H24N4O4/c1-25-16-13-26(12-10-14-7-4-5-11-23-14)21(27)18(16)19(24-22(25)28)15-8-6-9-17(29-2)20(15)30-3/h4-9,11,19H,10,12-13H2,1-3H3,(H,24,28)/t19-/m1/s1. The highest BCUT2D eigenvalue weighted by atomic mass is 16.5. The second-order valence-corrected chi connectivity index (χ2v) is 7.18. The average molecular weight is 408 g/mol. The molecule has 1 aromatic carbocycles. The molecule has 3 heterocycles. The summed E-state index contributed by atoms with van der Waals surface area (Å²) in [7, 11) is 4.78. The summed E-state index contributed by atoms with van der Waals surface area (Å²) in [5.74, 6) is 0.951. The lowest BCUT2D eigenvalue weighted by Gasteiger charge is -2.31. The molecular weight excluding hydrogens is 384 g/mol. The second kappa shape index (κ2) is 8.06. The van der Waals surface area contributed by atoms with E-state index in [-0.39, 0.29) is 11.9 Å². The number of para-hydroxylation sites is 1. The molecule has 0 bridgehead atoms. The zero-order valence-electron chi connectivity index (χ0n) is 17.2. The van der Waals surface area contributed by atoms with Crippen molar-refractivity contribution < 1.29 is 19.1 Å². The van der Waals surface area contributed by atoms with Gasteiger partial charge in [0.25, 0.3) is 5.91 Å². The van der Waals surface area contributed by atoms with Crippen LogP contribution in [0.25, 0.3) is 0 Å². The van der Waals surface area contributed by atoms with Crippen molar-refractivity contribution >= 4 is 11.9 Å². The van der Waals surface area contributed by atoms with Gasteiger partial charge in [0.05, 0.1) is 38.1 Å². The molecule has 2 aliphatic rings. The molecular formula is C22H24N4O4. The molecule has 1 atom stereocenters. The Balaban J connectivity index is 1.66. The number of hydrogen-bond donors (Lipinski definition) is 1. The Morgan fingerprint density at radius 1 is 1.13 bits per heavy atom. The summed E-state index contributed by atoms with van der Waals surface area (Å²) in [4.78, 5) is 33.6. The fourth-order valence-corrected chi connectivity index (χ4v) is 3.97. The van der Waals surface area contributed by atoms with E-state index < -0.39 is 6.04 Å². The molecule has 3 amide bonds. The molecule has 1 N–H and O–H groups in total. The quantitative estimate of drug-likeness (QED) is 0.792. The number of likely N-dealkylation sites (N-methyl/N-ethyl adjacent to an activating group) is 1. The van der Waals surface area contributed by atoms with Gasteiger partial charge in [-0.3, -0.25) is 14.7 Å². The highest BCUT2D eigenvalue weighted by molar-refractivity contribution is 6.01. The Labute approximate surface area is 175 Å². The number of benzene rings is 1. The van der Waals surface area contributed by atoms with Crippen LogP contribution in [-0.4, -0.2) is 61.1 Å². The third-order valence-electron chi connectivity index (χ3n) is 5.54. The number of nitrogens with one attached hydrogen (secondary N) is 1. The third kappa shape index (κ3) is 3.34. The molecule has 8 heteroatoms. The summed E-state index contributed by atoms with van der Waals surface area (Å²) in [6.07, 6.45) is 2.39. The van der Waals surface area contributed by atoms with Crippen molar-refractivity contribution in [1.29, 1.82) is 0 Å². The first-order valence-corrected chi connectivity index (χ1v) is 9.72. The van der Waals surface area contributed by atoms with E-state index >= 15 is 0 Å². The number of methoxy groups -OCH3 is 2. The van der Waals surface area contributed by atoms with Gasteiger partial charge < -0.3 is 19.7 Å². The molecule has 156 valence electrons. The first kappa shape index (κ1) is 19.8. The number of amides is 3. The van der Waals surface area contributed by atoms with Gasteiger partial charge in [-0.15, -0.1) is 0 Å². The Morgan fingerprint density at radius 2 is 1.97 bits per heavy atom. The van der Waals surface area contributed by atoms with Gasteiger partial charge in [0, 0.05) is 37.5 Å². The Bertz CT molecular complexity index is 1010. The van der Waals surface area contributed by atoms with E-state index in [9.17, 15) is 9.59 Å². The number of ether oxygens (including phenoxy) is 2. The molecule has 0 spiro atoms. The van der Waals surface area contributed by atoms with Crippen LogP contribution in [0.5, 0.6) is 11.5 Å². The normalized spacial score (nSPS) is 18.4. The van der Waals surface area contributed by atoms with E-state index in [0.29, 0.717) is 47.8 Å². The SMILES string of the molecule is COc1cccc([C@H]2NC(=O)N(C)C3=C2C(=O)N(CCc2ccccn2)C3)c1OC. The zero-order valence-corrected chi connectivity index (χ0v) is 17.2. The number of hydrogen-bond acceptors (Lipinski definition) is 5. The van der Waals surface area contributed by atoms with Crippen LogP contribution in [0.2, 0.25) is 0 Å². The molecule has 0 saturated heterocycles. The summed E-state index contributed by atoms with van der Waals surface area (Å²) in [6.45, 7) is 0.903. The van der Waals surface area contributed by atoms with E-state index in [1.165, 1.54) is 4.90 Å². The number of aromatic nitrogens is 1. The van der Waals surface area contributed by atoms with Crippen molar-refractivity contribution in [3.8, 4) is 11.5 Å². The lowest BCUT2D eigenvalue weighted by Crippen LogP contribution is -2.45. The van der Waals surface area contributed by atoms with E-state index in [1.54, 1.807) is 38.4 Å². The smallest absolute Gasteiger partial charge is 0.322 e. The summed E-state index contributed by atoms with van der Waals surface area (Å²) >= 11 is 0. The fraction of sp³-hybridized carbons (Fsp3) is 0.318. The molecule has 0 aliphatic carbocycles. The molecule has 0 radical (unpaired) electrons. The highest BCUT2D eigenvalue weighted by Crippen LogP contribution is 2.42. The van der Waals surface area contributed by atoms with Crippen LogP contribution in [0.4, 0.5) is 4.79 Å². The summed E-state index contributed by atoms with van der Waals surface area (Å²) in [6, 6.07) is 10.3. The van der Waals surface area contributed by atoms with Crippen LogP contribution in [-0.2, 0) is 11.2 Å². The van der Waals surface area contributed by atoms with Gasteiger partial charge in [-0.25, -0.2) is 4.79 Å². The topological polar surface area (TPSA) is 84.0 Å². The maximum atomic E-state index is 13.3. The van der Waals surface area contributed by atoms with Crippen molar-refractivity contribution in [1.82, 2.24) is 20.1 Å². The van der Waals surface area contributed by atoms with E-state index in [1.807, 2.05) is 30.3 Å². The molecule has 8 nitrogen and oxygen atoms in total. The average Bonchev–Trinajstić information content (AvgIpc) is 3.11. The van der Waals surface area contributed by atoms with Crippen molar-refractivity contribution in [3.05, 3.63) is 65.1 Å². The number of carbonyl (C=O) groups excluding carboxylic acids is 2. The van der Waals surface area contributed by atoms with Crippen molar-refractivity contribution in [2.75, 3.05) is 34.4 Å². The minimum absolute atomic E-state index is 0.0948. The minimum Gasteiger partial charge on any atom is -0.493 e. The second-order valence-electron chi connectivity index (χ2n) is 7.18. The van der Waals surface area contributed by atoms with Gasteiger partial charge in [0.2, 0.25) is 0 Å². The predicted molar refractivity (Wildman–Crippen MR) is 110 cm³/mol. The van der Waals surface area contributed by atoms with Gasteiger partial charge in [-0.05, 0) is 18.2 Å². The van der Waals surface area contributed by atoms with Crippen LogP contribution < -0.4 is 14.8 Å². The Hall–Kier alpha value is -3.55. The van der Waals surface area contributed by atoms with Gasteiger partial charge in [-0.1, -0.05) is 18.2 Å². The number of pyridine rings is 1. The first-order valence-electron chi connectivity index (χ1n) is 9.72. The summed E-state index contributed by atoms with van der Waals surface area (Å²) < 4.78 is 10.9. The van der Waals surface area contributed by atoms with Crippen molar-refractivity contribution in [2.45, 2.75) is 12.5 Å². The maximum Gasteiger partial charge on any atom is 0.322 e. The fourth-order valence-electron chi connectivity index (χ4n) is 3.97. The Kier molecular flexibility index (Phi) is 5.31. The molecule has 1 aromatic heterocycles. The van der Waals surface area contributed by atoms with Gasteiger partial charge in [-0.2, -0.15) is 0 Å². The number of rotatable bonds is 6. The largest absolute Gasteiger partial charge is 0.493 e. The molecule has 0 unspecified atom stereocenters. The molecule has 4 rings (SSSR count). The predicted octanol–water partition coefficient (Wildman–Crippen LogP) is 2.13. The van der Waals surface area contributed by atoms with Crippen LogP contribution in [0, 0.1) is 0 Å². The molecule has 30 heavy (non-hydrogen) atoms. The van der Waals surface area contributed by atoms with E-state index in [2.05, 4.69) is 10.3 Å². The van der Waals surface area contributed by atoms with Crippen LogP contribution in [0.3, 0.4) is 0 Å². The molecule has 0 saturated carbocycles. The third-order valence-corrected chi connectivity index (χ3v) is 5.54. The van der Waals surface area contributed by atoms with E-state index in [4.69, 9.17) is 9.47 Å². The summed E-state index contributed by atoms with van der Waals surface area (Å²) in [5, 5.41) is 2.94. The maximum absolute atomic E-state index is 13.3. The number of nitrogens with zero attached hydrogens (tertiary/aromatic N) is 3. The first-order chi connectivity index (χ1) is 14.5. The van der Waals surface area contributed by atoms with Crippen LogP contribution in [0.1, 0.15) is 17.3 Å². The molecule has 2 aliphatic heterocycles. The van der Waals surface area contributed by atoms with Gasteiger partial charge in [0.1, 0.15) is 0 Å². The molecule has 2 aromatic rings. The lowest BCUT2D eigenvalue weighted by molar-refractivity contribution is -0.125. The minimum atomic E-state index is -0.610. The van der Waals surface area contributed by atoms with Crippen LogP contribution >= 0.6 is 0 Å². The lowest BCUT2D eigenvalue weighted by atomic mass is 9.94. The molecule has 0 fully saturated rings. The van der Waals surface area contributed by atoms with Crippen LogP contribution in [0.15, 0.2) is 53.9 Å². The van der Waals surface area contributed by atoms with Crippen molar-refractivity contribution in [3.63, 3.8) is 0 Å². The number of carbonyl (C=O) groups is 2. The van der Waals surface area contributed by atoms with Crippen molar-refractivity contribution in [2.24, 2.45) is 0 Å².